The number of aromatic nitrogens is 2. The summed E-state index contributed by atoms with van der Waals surface area (Å²) in [5.74, 6) is -0.919. The first-order valence-electron chi connectivity index (χ1n) is 5.73. The first-order valence-corrected chi connectivity index (χ1v) is 7.55. The van der Waals surface area contributed by atoms with Crippen molar-refractivity contribution in [1.29, 1.82) is 0 Å². The van der Waals surface area contributed by atoms with Gasteiger partial charge in [0.2, 0.25) is 15.9 Å². The van der Waals surface area contributed by atoms with Crippen molar-refractivity contribution >= 4 is 27.5 Å². The van der Waals surface area contributed by atoms with Gasteiger partial charge in [-0.3, -0.25) is 9.48 Å². The number of primary amides is 1. The molecule has 1 aliphatic rings. The first-order chi connectivity index (χ1) is 8.75. The minimum atomic E-state index is -3.74. The van der Waals surface area contributed by atoms with Gasteiger partial charge in [-0.05, 0) is 13.3 Å². The highest BCUT2D eigenvalue weighted by atomic mass is 35.5. The fourth-order valence-corrected chi connectivity index (χ4v) is 4.42. The number of sulfonamides is 1. The molecule has 7 nitrogen and oxygen atoms in total. The van der Waals surface area contributed by atoms with Crippen LogP contribution in [0.25, 0.3) is 0 Å². The van der Waals surface area contributed by atoms with E-state index in [0.29, 0.717) is 12.1 Å². The molecule has 1 saturated heterocycles. The smallest absolute Gasteiger partial charge is 0.248 e. The molecule has 19 heavy (non-hydrogen) atoms. The van der Waals surface area contributed by atoms with Gasteiger partial charge in [-0.1, -0.05) is 11.6 Å². The Morgan fingerprint density at radius 3 is 2.58 bits per heavy atom. The number of aryl methyl sites for hydroxylation is 2. The van der Waals surface area contributed by atoms with E-state index in [-0.39, 0.29) is 23.1 Å². The molecule has 0 saturated carbocycles. The Balaban J connectivity index is 2.37. The topological polar surface area (TPSA) is 98.3 Å². The zero-order valence-electron chi connectivity index (χ0n) is 10.6. The van der Waals surface area contributed by atoms with Crippen molar-refractivity contribution in [3.8, 4) is 0 Å². The third-order valence-electron chi connectivity index (χ3n) is 3.25. The third-order valence-corrected chi connectivity index (χ3v) is 5.81. The van der Waals surface area contributed by atoms with Crippen LogP contribution in [0.15, 0.2) is 4.90 Å². The molecule has 1 fully saturated rings. The molecule has 1 amide bonds. The molecule has 1 aromatic rings. The van der Waals surface area contributed by atoms with Crippen LogP contribution >= 0.6 is 11.6 Å². The normalized spacial score (nSPS) is 20.9. The summed E-state index contributed by atoms with van der Waals surface area (Å²) in [6.45, 7) is 1.95. The molecule has 106 valence electrons. The fraction of sp³-hybridized carbons (Fsp3) is 0.600. The Morgan fingerprint density at radius 1 is 1.53 bits per heavy atom. The molecule has 1 aromatic heterocycles. The number of nitrogens with zero attached hydrogens (tertiary/aromatic N) is 3. The number of carbonyl (C=O) groups is 1. The maximum absolute atomic E-state index is 12.5. The van der Waals surface area contributed by atoms with Crippen molar-refractivity contribution in [3.63, 3.8) is 0 Å². The lowest BCUT2D eigenvalue weighted by Crippen LogP contribution is -2.32. The summed E-state index contributed by atoms with van der Waals surface area (Å²) in [5.41, 5.74) is 5.55. The number of rotatable bonds is 3. The van der Waals surface area contributed by atoms with E-state index in [1.807, 2.05) is 0 Å². The average Bonchev–Trinajstić information content (AvgIpc) is 2.85. The molecular formula is C10H15ClN4O3S. The van der Waals surface area contributed by atoms with Crippen LogP contribution in [0.2, 0.25) is 5.15 Å². The minimum Gasteiger partial charge on any atom is -0.369 e. The Hall–Kier alpha value is -1.12. The number of halogens is 1. The van der Waals surface area contributed by atoms with E-state index < -0.39 is 21.8 Å². The second kappa shape index (κ2) is 4.77. The van der Waals surface area contributed by atoms with Crippen LogP contribution in [0.4, 0.5) is 0 Å². The van der Waals surface area contributed by atoms with Crippen LogP contribution in [0.5, 0.6) is 0 Å². The summed E-state index contributed by atoms with van der Waals surface area (Å²) in [5, 5.41) is 4.06. The summed E-state index contributed by atoms with van der Waals surface area (Å²) in [7, 11) is -2.16. The second-order valence-electron chi connectivity index (χ2n) is 4.58. The molecule has 2 rings (SSSR count). The molecule has 2 N–H and O–H groups in total. The first kappa shape index (κ1) is 14.3. The Kier molecular flexibility index (Phi) is 3.59. The van der Waals surface area contributed by atoms with Crippen molar-refractivity contribution in [1.82, 2.24) is 14.1 Å². The van der Waals surface area contributed by atoms with Gasteiger partial charge in [0.15, 0.2) is 0 Å². The van der Waals surface area contributed by atoms with Crippen molar-refractivity contribution < 1.29 is 13.2 Å². The van der Waals surface area contributed by atoms with E-state index in [9.17, 15) is 13.2 Å². The van der Waals surface area contributed by atoms with E-state index in [1.165, 1.54) is 8.99 Å². The van der Waals surface area contributed by atoms with Gasteiger partial charge in [0.05, 0.1) is 11.6 Å². The van der Waals surface area contributed by atoms with Crippen LogP contribution in [0.3, 0.4) is 0 Å². The van der Waals surface area contributed by atoms with E-state index in [4.69, 9.17) is 17.3 Å². The highest BCUT2D eigenvalue weighted by Gasteiger charge is 2.38. The summed E-state index contributed by atoms with van der Waals surface area (Å²) in [6.07, 6.45) is 0.436. The van der Waals surface area contributed by atoms with Gasteiger partial charge < -0.3 is 5.73 Å². The number of carbonyl (C=O) groups excluding carboxylic acids is 1. The summed E-state index contributed by atoms with van der Waals surface area (Å²) in [4.78, 5) is 11.1. The fourth-order valence-electron chi connectivity index (χ4n) is 2.21. The van der Waals surface area contributed by atoms with Crippen LogP contribution in [0.1, 0.15) is 12.1 Å². The quantitative estimate of drug-likeness (QED) is 0.841. The van der Waals surface area contributed by atoms with Gasteiger partial charge in [-0.2, -0.15) is 9.40 Å². The molecule has 2 heterocycles. The monoisotopic (exact) mass is 306 g/mol. The SMILES string of the molecule is Cc1nn(C)c(Cl)c1S(=O)(=O)N1CC[C@@H](C(N)=O)C1. The van der Waals surface area contributed by atoms with Gasteiger partial charge in [-0.15, -0.1) is 0 Å². The molecular weight excluding hydrogens is 292 g/mol. The van der Waals surface area contributed by atoms with Gasteiger partial charge in [0, 0.05) is 20.1 Å². The van der Waals surface area contributed by atoms with Crippen LogP contribution in [-0.4, -0.2) is 41.5 Å². The van der Waals surface area contributed by atoms with E-state index in [0.717, 1.165) is 0 Å². The second-order valence-corrected chi connectivity index (χ2v) is 6.81. The highest BCUT2D eigenvalue weighted by Crippen LogP contribution is 2.30. The van der Waals surface area contributed by atoms with Gasteiger partial charge >= 0.3 is 0 Å². The predicted molar refractivity (Wildman–Crippen MR) is 69.0 cm³/mol. The van der Waals surface area contributed by atoms with E-state index in [1.54, 1.807) is 14.0 Å². The Bertz CT molecular complexity index is 625. The Labute approximate surface area is 116 Å². The van der Waals surface area contributed by atoms with Gasteiger partial charge in [0.25, 0.3) is 0 Å². The standard InChI is InChI=1S/C10H15ClN4O3S/c1-6-8(9(11)14(2)13-6)19(17,18)15-4-3-7(5-15)10(12)16/h7H,3-5H2,1-2H3,(H2,12,16)/t7-/m1/s1. The van der Waals surface area contributed by atoms with Crippen molar-refractivity contribution in [2.75, 3.05) is 13.1 Å². The molecule has 9 heteroatoms. The lowest BCUT2D eigenvalue weighted by atomic mass is 10.1. The van der Waals surface area contributed by atoms with Gasteiger partial charge in [-0.25, -0.2) is 8.42 Å². The van der Waals surface area contributed by atoms with Crippen molar-refractivity contribution in [2.45, 2.75) is 18.2 Å². The van der Waals surface area contributed by atoms with Crippen molar-refractivity contribution in [3.05, 3.63) is 10.8 Å². The number of nitrogens with two attached hydrogens (primary N) is 1. The maximum Gasteiger partial charge on any atom is 0.248 e. The zero-order valence-corrected chi connectivity index (χ0v) is 12.2. The molecule has 0 unspecified atom stereocenters. The number of amides is 1. The highest BCUT2D eigenvalue weighted by molar-refractivity contribution is 7.89. The van der Waals surface area contributed by atoms with E-state index >= 15 is 0 Å². The number of hydrogen-bond acceptors (Lipinski definition) is 4. The molecule has 1 aliphatic heterocycles. The summed E-state index contributed by atoms with van der Waals surface area (Å²) < 4.78 is 27.5. The summed E-state index contributed by atoms with van der Waals surface area (Å²) >= 11 is 5.98. The number of hydrogen-bond donors (Lipinski definition) is 1. The summed E-state index contributed by atoms with van der Waals surface area (Å²) in [6, 6.07) is 0. The molecule has 0 spiro atoms. The maximum atomic E-state index is 12.5. The molecule has 1 atom stereocenters. The third kappa shape index (κ3) is 2.35. The van der Waals surface area contributed by atoms with Crippen LogP contribution in [0, 0.1) is 12.8 Å². The predicted octanol–water partition coefficient (Wildman–Crippen LogP) is -0.122. The van der Waals surface area contributed by atoms with Crippen molar-refractivity contribution in [2.24, 2.45) is 18.7 Å². The lowest BCUT2D eigenvalue weighted by molar-refractivity contribution is -0.121. The van der Waals surface area contributed by atoms with Crippen LogP contribution < -0.4 is 5.73 Å². The lowest BCUT2D eigenvalue weighted by Gasteiger charge is -2.15. The van der Waals surface area contributed by atoms with Crippen LogP contribution in [-0.2, 0) is 21.9 Å². The molecule has 0 aliphatic carbocycles. The largest absolute Gasteiger partial charge is 0.369 e. The van der Waals surface area contributed by atoms with Gasteiger partial charge in [0.1, 0.15) is 10.0 Å². The molecule has 0 aromatic carbocycles. The average molecular weight is 307 g/mol. The Morgan fingerprint density at radius 2 is 2.16 bits per heavy atom. The zero-order chi connectivity index (χ0) is 14.4. The minimum absolute atomic E-state index is 0.00165. The van der Waals surface area contributed by atoms with E-state index in [2.05, 4.69) is 5.10 Å². The molecule has 0 bridgehead atoms. The molecule has 0 radical (unpaired) electrons.